The Balaban J connectivity index is 0.000000165. The largest absolute Gasteiger partial charge is 0.444 e. The van der Waals surface area contributed by atoms with Crippen LogP contribution in [-0.4, -0.2) is 226 Å². The molecule has 3 aliphatic heterocycles. The number of benzene rings is 3. The summed E-state index contributed by atoms with van der Waals surface area (Å²) in [6.45, 7) is 25.3. The molecule has 0 radical (unpaired) electrons. The van der Waals surface area contributed by atoms with Gasteiger partial charge in [0, 0.05) is 99.3 Å². The predicted octanol–water partition coefficient (Wildman–Crippen LogP) is 13.0. The van der Waals surface area contributed by atoms with E-state index >= 15 is 0 Å². The van der Waals surface area contributed by atoms with Crippen LogP contribution in [0.15, 0.2) is 116 Å². The fraction of sp³-hybridized carbons (Fsp3) is 0.500. The summed E-state index contributed by atoms with van der Waals surface area (Å²) >= 11 is 0. The van der Waals surface area contributed by atoms with Crippen LogP contribution in [0.25, 0.3) is 50.7 Å². The molecule has 630 valence electrons. The van der Waals surface area contributed by atoms with Gasteiger partial charge in [0.25, 0.3) is 29.5 Å². The molecule has 9 heterocycles. The van der Waals surface area contributed by atoms with Gasteiger partial charge in [-0.05, 0) is 193 Å². The van der Waals surface area contributed by atoms with Crippen molar-refractivity contribution in [1.29, 1.82) is 0 Å². The summed E-state index contributed by atoms with van der Waals surface area (Å²) in [5, 5.41) is 37.0. The molecule has 0 bridgehead atoms. The summed E-state index contributed by atoms with van der Waals surface area (Å²) < 4.78 is 91.9. The Labute approximate surface area is 680 Å². The molecule has 5 fully saturated rings. The second kappa shape index (κ2) is 35.3. The number of halogens is 6. The quantitative estimate of drug-likeness (QED) is 0.0804. The van der Waals surface area contributed by atoms with Gasteiger partial charge in [-0.2, -0.15) is 28.5 Å². The molecule has 7 amide bonds. The molecular formula is C86H104F6N16O10. The second-order valence-electron chi connectivity index (χ2n) is 35.1. The van der Waals surface area contributed by atoms with E-state index in [1.54, 1.807) is 106 Å². The minimum absolute atomic E-state index is 0.0651. The molecule has 32 heteroatoms. The number of fused-ring (bicyclic) bond motifs is 3. The lowest BCUT2D eigenvalue weighted by molar-refractivity contribution is -0.146. The van der Waals surface area contributed by atoms with Crippen molar-refractivity contribution in [2.24, 2.45) is 16.7 Å². The van der Waals surface area contributed by atoms with Crippen molar-refractivity contribution < 1.29 is 74.9 Å². The first-order valence-corrected chi connectivity index (χ1v) is 40.3. The van der Waals surface area contributed by atoms with Crippen molar-refractivity contribution in [3.8, 4) is 33.8 Å². The van der Waals surface area contributed by atoms with Gasteiger partial charge < -0.3 is 49.7 Å². The van der Waals surface area contributed by atoms with Crippen LogP contribution in [0.4, 0.5) is 31.1 Å². The minimum Gasteiger partial charge on any atom is -0.444 e. The first-order valence-electron chi connectivity index (χ1n) is 40.3. The number of nitrogens with one attached hydrogen (secondary N) is 1. The summed E-state index contributed by atoms with van der Waals surface area (Å²) in [4.78, 5) is 115. The van der Waals surface area contributed by atoms with Gasteiger partial charge in [0.1, 0.15) is 63.9 Å². The van der Waals surface area contributed by atoms with Gasteiger partial charge in [0.2, 0.25) is 5.91 Å². The number of hydrogen-bond acceptors (Lipinski definition) is 16. The number of aromatic nitrogens is 9. The van der Waals surface area contributed by atoms with E-state index in [1.807, 2.05) is 61.5 Å². The zero-order chi connectivity index (χ0) is 85.2. The normalized spacial score (nSPS) is 18.6. The van der Waals surface area contributed by atoms with Crippen molar-refractivity contribution in [1.82, 2.24) is 78.5 Å². The van der Waals surface area contributed by atoms with Crippen molar-refractivity contribution in [3.63, 3.8) is 0 Å². The van der Waals surface area contributed by atoms with E-state index < -0.39 is 65.1 Å². The Morgan fingerprint density at radius 2 is 0.881 bits per heavy atom. The van der Waals surface area contributed by atoms with E-state index in [-0.39, 0.29) is 106 Å². The van der Waals surface area contributed by atoms with Gasteiger partial charge in [-0.25, -0.2) is 46.5 Å². The Morgan fingerprint density at radius 3 is 1.31 bits per heavy atom. The lowest BCUT2D eigenvalue weighted by Crippen LogP contribution is -2.60. The number of carbonyl (C=O) groups is 7. The number of amides is 7. The Kier molecular flexibility index (Phi) is 25.9. The molecule has 3 aromatic carbocycles. The fourth-order valence-electron chi connectivity index (χ4n) is 15.6. The number of aliphatic hydroxyl groups excluding tert-OH is 2. The summed E-state index contributed by atoms with van der Waals surface area (Å²) in [7, 11) is 0. The van der Waals surface area contributed by atoms with E-state index in [2.05, 4.69) is 35.6 Å². The van der Waals surface area contributed by atoms with E-state index in [9.17, 15) is 70.1 Å². The highest BCUT2D eigenvalue weighted by molar-refractivity contribution is 5.95. The maximum Gasteiger partial charge on any atom is 0.420 e. The lowest BCUT2D eigenvalue weighted by atomic mass is 9.84. The standard InChI is InChI=1S/C33H40F4N6O4.C28H34FN5O3.C25H30FN5O3/c1-20-18-41(14-15-42(20)30(45)26(16-21-8-6-5-7-9-21)39-31(46)47-32(2,3)4)29(44)27-19-43-28(38-27)24(33(35,36)37)17-25(40-43)22-10-12-23(34)13-11-22;1-17-15-32(11-12-33(17)27(37)24(35)14-28(2,3)4)26(36)23-16-34-25(30-23)21(18-5-6-18)13-22(31-34)19-7-9-20(29)10-8-19;1-16-14-29(11-12-30(16)24(34)21(32)13-25(2,3)4)23(33)20-15-31-22(27-20)10-9-19(28-31)17-5-7-18(26)8-6-17/h10-13,17,19-21,26H,5-9,14-16,18H2,1-4H3,(H,39,46);7-10,13,16-18,24,35H,5-6,11-12,14-15H2,1-4H3;5-10,15-16,21,32H,11-14H2,1-4H3/t20-,26+;17-,24+;16-,21+/m000/s1. The third kappa shape index (κ3) is 21.3. The highest BCUT2D eigenvalue weighted by Gasteiger charge is 2.42. The van der Waals surface area contributed by atoms with E-state index in [0.29, 0.717) is 98.7 Å². The smallest absolute Gasteiger partial charge is 0.420 e. The third-order valence-corrected chi connectivity index (χ3v) is 21.7. The number of rotatable bonds is 15. The highest BCUT2D eigenvalue weighted by Crippen LogP contribution is 2.43. The molecular weight excluding hydrogens is 1530 g/mol. The summed E-state index contributed by atoms with van der Waals surface area (Å²) in [5.41, 5.74) is 3.01. The molecule has 3 saturated heterocycles. The lowest BCUT2D eigenvalue weighted by Gasteiger charge is -2.41. The number of ether oxygens (including phenoxy) is 1. The van der Waals surface area contributed by atoms with Crippen molar-refractivity contribution in [3.05, 3.63) is 161 Å². The van der Waals surface area contributed by atoms with Crippen LogP contribution in [0, 0.1) is 34.2 Å². The molecule has 26 nitrogen and oxygen atoms in total. The van der Waals surface area contributed by atoms with Crippen LogP contribution in [0.5, 0.6) is 0 Å². The number of aliphatic hydroxyl groups is 2. The Hall–Kier alpha value is -10.9. The monoisotopic (exact) mass is 1630 g/mol. The zero-order valence-electron chi connectivity index (χ0n) is 68.7. The predicted molar refractivity (Wildman–Crippen MR) is 428 cm³/mol. The summed E-state index contributed by atoms with van der Waals surface area (Å²) in [6.07, 6.45) is 5.45. The van der Waals surface area contributed by atoms with Crippen LogP contribution in [-0.2, 0) is 25.3 Å². The molecule has 0 spiro atoms. The molecule has 9 aromatic rings. The molecule has 14 rings (SSSR count). The minimum atomic E-state index is -4.80. The van der Waals surface area contributed by atoms with Crippen molar-refractivity contribution in [2.75, 3.05) is 58.9 Å². The topological polar surface area (TPSA) is 291 Å². The number of alkyl carbamates (subject to hydrolysis) is 1. The van der Waals surface area contributed by atoms with Crippen LogP contribution in [0.3, 0.4) is 0 Å². The SMILES string of the molecule is C[C@H]1CN(C(=O)c2cn3nc(-c4ccc(F)cc4)cc(C(F)(F)F)c3n2)CCN1C(=O)[C@@H](CC1CCCCC1)NC(=O)OC(C)(C)C.C[C@H]1CN(C(=O)c2cn3nc(-c4ccc(F)cc4)cc(C4CC4)c3n2)CCN1C(=O)[C@H](O)CC(C)(C)C.C[C@H]1CN(C(=O)c2cn3nc(-c4ccc(F)cc4)ccc3n2)CCN1C(=O)[C@H](O)CC(C)(C)C. The van der Waals surface area contributed by atoms with Gasteiger partial charge >= 0.3 is 12.3 Å². The first-order chi connectivity index (χ1) is 55.6. The zero-order valence-corrected chi connectivity index (χ0v) is 68.7. The highest BCUT2D eigenvalue weighted by atomic mass is 19.4. The molecule has 118 heavy (non-hydrogen) atoms. The molecule has 0 unspecified atom stereocenters. The molecule has 6 aromatic heterocycles. The third-order valence-electron chi connectivity index (χ3n) is 21.7. The van der Waals surface area contributed by atoms with Gasteiger partial charge in [-0.15, -0.1) is 0 Å². The average molecular weight is 1640 g/mol. The maximum absolute atomic E-state index is 14.1. The number of hydrogen-bond donors (Lipinski definition) is 3. The average Bonchev–Trinajstić information content (AvgIpc) is 1.61. The van der Waals surface area contributed by atoms with Crippen LogP contribution in [0.2, 0.25) is 0 Å². The molecule has 2 aliphatic carbocycles. The summed E-state index contributed by atoms with van der Waals surface area (Å²) in [6, 6.07) is 21.8. The Morgan fingerprint density at radius 1 is 0.483 bits per heavy atom. The van der Waals surface area contributed by atoms with E-state index in [0.717, 1.165) is 90.5 Å². The molecule has 2 saturated carbocycles. The fourth-order valence-corrected chi connectivity index (χ4v) is 15.6. The number of nitrogens with zero attached hydrogens (tertiary/aromatic N) is 15. The molecule has 5 aliphatic rings. The molecule has 3 N–H and O–H groups in total. The van der Waals surface area contributed by atoms with Gasteiger partial charge in [0.05, 0.1) is 35.7 Å². The van der Waals surface area contributed by atoms with E-state index in [1.165, 1.54) is 45.8 Å². The number of piperazine rings is 3. The number of alkyl halides is 3. The number of imidazole rings is 3. The van der Waals surface area contributed by atoms with E-state index in [4.69, 9.17) is 4.74 Å². The van der Waals surface area contributed by atoms with Gasteiger partial charge in [0.15, 0.2) is 16.9 Å². The van der Waals surface area contributed by atoms with Gasteiger partial charge in [-0.1, -0.05) is 73.6 Å². The van der Waals surface area contributed by atoms with Gasteiger partial charge in [-0.3, -0.25) is 28.8 Å². The van der Waals surface area contributed by atoms with Crippen molar-refractivity contribution >= 4 is 58.5 Å². The second-order valence-corrected chi connectivity index (χ2v) is 35.1. The van der Waals surface area contributed by atoms with Crippen LogP contribution >= 0.6 is 0 Å². The molecule has 6 atom stereocenters. The first kappa shape index (κ1) is 86.5. The summed E-state index contributed by atoms with van der Waals surface area (Å²) in [5.74, 6) is -2.37. The van der Waals surface area contributed by atoms with Crippen molar-refractivity contribution in [2.45, 2.75) is 201 Å². The number of carbonyl (C=O) groups excluding carboxylic acids is 7. The van der Waals surface area contributed by atoms with Crippen LogP contribution in [0.1, 0.15) is 196 Å². The maximum atomic E-state index is 14.1. The van der Waals surface area contributed by atoms with Crippen LogP contribution < -0.4 is 5.32 Å². The Bertz CT molecular complexity index is 5140.